The van der Waals surface area contributed by atoms with Crippen molar-refractivity contribution in [2.24, 2.45) is 0 Å². The molecule has 0 spiro atoms. The van der Waals surface area contributed by atoms with Crippen LogP contribution >= 0.6 is 0 Å². The minimum atomic E-state index is 1.16. The molecule has 0 saturated carbocycles. The van der Waals surface area contributed by atoms with Crippen LogP contribution in [-0.4, -0.2) is 0 Å². The van der Waals surface area contributed by atoms with Gasteiger partial charge < -0.3 is 0 Å². The summed E-state index contributed by atoms with van der Waals surface area (Å²) in [7, 11) is 0. The Balaban J connectivity index is 2.51. The highest BCUT2D eigenvalue weighted by atomic mass is 14.2. The number of benzene rings is 1. The van der Waals surface area contributed by atoms with Crippen LogP contribution in [0, 0.1) is 0 Å². The third-order valence-corrected chi connectivity index (χ3v) is 3.95. The van der Waals surface area contributed by atoms with Crippen LogP contribution < -0.4 is 0 Å². The van der Waals surface area contributed by atoms with Crippen LogP contribution in [0.4, 0.5) is 0 Å². The molecule has 0 bridgehead atoms. The fourth-order valence-electron chi connectivity index (χ4n) is 2.84. The maximum atomic E-state index is 2.44. The van der Waals surface area contributed by atoms with Gasteiger partial charge in [0.25, 0.3) is 0 Å². The Morgan fingerprint density at radius 1 is 0.938 bits per heavy atom. The molecule has 1 aromatic rings. The van der Waals surface area contributed by atoms with Crippen LogP contribution in [0.15, 0.2) is 17.7 Å². The second-order valence-electron chi connectivity index (χ2n) is 4.74. The van der Waals surface area contributed by atoms with E-state index in [9.17, 15) is 0 Å². The topological polar surface area (TPSA) is 0 Å². The summed E-state index contributed by atoms with van der Waals surface area (Å²) in [6.07, 6.45) is 4.71. The van der Waals surface area contributed by atoms with E-state index in [2.05, 4.69) is 39.8 Å². The van der Waals surface area contributed by atoms with E-state index in [-0.39, 0.29) is 0 Å². The number of allylic oxidation sites excluding steroid dienone is 2. The predicted molar refractivity (Wildman–Crippen MR) is 71.8 cm³/mol. The molecule has 0 N–H and O–H groups in total. The second-order valence-corrected chi connectivity index (χ2v) is 4.74. The van der Waals surface area contributed by atoms with Crippen LogP contribution in [0.5, 0.6) is 0 Å². The SMILES string of the molecule is CCC1=C(C)c2cc(CC)c(CC)cc2C1. The molecule has 0 heterocycles. The van der Waals surface area contributed by atoms with Gasteiger partial charge in [-0.25, -0.2) is 0 Å². The van der Waals surface area contributed by atoms with E-state index in [1.807, 2.05) is 0 Å². The molecule has 1 aliphatic carbocycles. The molecule has 16 heavy (non-hydrogen) atoms. The van der Waals surface area contributed by atoms with Crippen molar-refractivity contribution in [3.63, 3.8) is 0 Å². The van der Waals surface area contributed by atoms with Gasteiger partial charge in [-0.3, -0.25) is 0 Å². The average molecular weight is 214 g/mol. The van der Waals surface area contributed by atoms with Crippen LogP contribution in [0.2, 0.25) is 0 Å². The third-order valence-electron chi connectivity index (χ3n) is 3.95. The van der Waals surface area contributed by atoms with Gasteiger partial charge in [-0.2, -0.15) is 0 Å². The summed E-state index contributed by atoms with van der Waals surface area (Å²) in [4.78, 5) is 0. The van der Waals surface area contributed by atoms with Gasteiger partial charge in [0.2, 0.25) is 0 Å². The van der Waals surface area contributed by atoms with Crippen molar-refractivity contribution in [2.75, 3.05) is 0 Å². The predicted octanol–water partition coefficient (Wildman–Crippen LogP) is 4.55. The highest BCUT2D eigenvalue weighted by molar-refractivity contribution is 5.76. The first kappa shape index (κ1) is 11.4. The molecular weight excluding hydrogens is 192 g/mol. The quantitative estimate of drug-likeness (QED) is 0.692. The lowest BCUT2D eigenvalue weighted by atomic mass is 9.95. The Morgan fingerprint density at radius 3 is 2.12 bits per heavy atom. The molecule has 0 unspecified atom stereocenters. The molecule has 0 amide bonds. The van der Waals surface area contributed by atoms with Crippen molar-refractivity contribution in [3.05, 3.63) is 40.0 Å². The van der Waals surface area contributed by atoms with Gasteiger partial charge in [-0.1, -0.05) is 38.5 Å². The van der Waals surface area contributed by atoms with Gasteiger partial charge in [0.1, 0.15) is 0 Å². The molecule has 0 saturated heterocycles. The Kier molecular flexibility index (Phi) is 3.18. The highest BCUT2D eigenvalue weighted by Gasteiger charge is 2.18. The minimum Gasteiger partial charge on any atom is -0.0625 e. The fraction of sp³-hybridized carbons (Fsp3) is 0.500. The smallest absolute Gasteiger partial charge is 0.00551 e. The summed E-state index contributed by atoms with van der Waals surface area (Å²) in [5, 5.41) is 0. The first-order valence-corrected chi connectivity index (χ1v) is 6.54. The molecule has 0 aromatic heterocycles. The average Bonchev–Trinajstić information content (AvgIpc) is 2.63. The molecule has 0 heteroatoms. The van der Waals surface area contributed by atoms with Gasteiger partial charge in [-0.05, 0) is 60.4 Å². The van der Waals surface area contributed by atoms with Crippen molar-refractivity contribution >= 4 is 5.57 Å². The lowest BCUT2D eigenvalue weighted by Gasteiger charge is -2.10. The Bertz CT molecular complexity index is 436. The fourth-order valence-corrected chi connectivity index (χ4v) is 2.84. The summed E-state index contributed by atoms with van der Waals surface area (Å²) in [6, 6.07) is 4.88. The lowest BCUT2D eigenvalue weighted by molar-refractivity contribution is 1.01. The van der Waals surface area contributed by atoms with Gasteiger partial charge in [0, 0.05) is 0 Å². The third kappa shape index (κ3) is 1.71. The van der Waals surface area contributed by atoms with Crippen molar-refractivity contribution in [1.82, 2.24) is 0 Å². The molecule has 0 aliphatic heterocycles. The second kappa shape index (κ2) is 4.45. The van der Waals surface area contributed by atoms with Crippen molar-refractivity contribution < 1.29 is 0 Å². The molecule has 1 aliphatic rings. The summed E-state index contributed by atoms with van der Waals surface area (Å²) >= 11 is 0. The van der Waals surface area contributed by atoms with E-state index in [4.69, 9.17) is 0 Å². The van der Waals surface area contributed by atoms with E-state index in [0.717, 1.165) is 12.8 Å². The van der Waals surface area contributed by atoms with Gasteiger partial charge >= 0.3 is 0 Å². The number of fused-ring (bicyclic) bond motifs is 1. The Morgan fingerprint density at radius 2 is 1.56 bits per heavy atom. The first-order valence-electron chi connectivity index (χ1n) is 6.54. The lowest BCUT2D eigenvalue weighted by Crippen LogP contribution is -1.95. The van der Waals surface area contributed by atoms with Crippen LogP contribution in [0.3, 0.4) is 0 Å². The normalized spacial score (nSPS) is 14.5. The number of hydrogen-bond acceptors (Lipinski definition) is 0. The van der Waals surface area contributed by atoms with E-state index < -0.39 is 0 Å². The number of aryl methyl sites for hydroxylation is 2. The molecule has 86 valence electrons. The molecule has 2 rings (SSSR count). The van der Waals surface area contributed by atoms with Crippen LogP contribution in [-0.2, 0) is 19.3 Å². The van der Waals surface area contributed by atoms with Gasteiger partial charge in [0.15, 0.2) is 0 Å². The summed E-state index contributed by atoms with van der Waals surface area (Å²) in [5.74, 6) is 0. The molecule has 0 fully saturated rings. The first-order chi connectivity index (χ1) is 7.71. The van der Waals surface area contributed by atoms with Crippen molar-refractivity contribution in [2.45, 2.75) is 53.4 Å². The molecule has 0 atom stereocenters. The molecule has 0 radical (unpaired) electrons. The standard InChI is InChI=1S/C16H22/c1-5-12-8-15-9-13(6-2)14(7-3)10-16(15)11(12)4/h9-10H,5-8H2,1-4H3. The summed E-state index contributed by atoms with van der Waals surface area (Å²) in [5.41, 5.74) is 9.33. The van der Waals surface area contributed by atoms with Gasteiger partial charge in [-0.15, -0.1) is 0 Å². The van der Waals surface area contributed by atoms with E-state index in [0.29, 0.717) is 0 Å². The van der Waals surface area contributed by atoms with E-state index >= 15 is 0 Å². The van der Waals surface area contributed by atoms with Crippen LogP contribution in [0.1, 0.15) is 56.4 Å². The Labute approximate surface area is 99.4 Å². The molecule has 1 aromatic carbocycles. The zero-order valence-corrected chi connectivity index (χ0v) is 11.0. The van der Waals surface area contributed by atoms with Crippen LogP contribution in [0.25, 0.3) is 5.57 Å². The van der Waals surface area contributed by atoms with Crippen molar-refractivity contribution in [3.8, 4) is 0 Å². The largest absolute Gasteiger partial charge is 0.0625 e. The summed E-state index contributed by atoms with van der Waals surface area (Å²) in [6.45, 7) is 9.08. The van der Waals surface area contributed by atoms with E-state index in [1.54, 1.807) is 16.7 Å². The monoisotopic (exact) mass is 214 g/mol. The molecular formula is C16H22. The maximum Gasteiger partial charge on any atom is -0.00551 e. The zero-order valence-electron chi connectivity index (χ0n) is 11.0. The Hall–Kier alpha value is -1.04. The van der Waals surface area contributed by atoms with E-state index in [1.165, 1.54) is 29.5 Å². The number of hydrogen-bond donors (Lipinski definition) is 0. The number of rotatable bonds is 3. The van der Waals surface area contributed by atoms with Crippen molar-refractivity contribution in [1.29, 1.82) is 0 Å². The molecule has 0 nitrogen and oxygen atoms in total. The minimum absolute atomic E-state index is 1.16. The van der Waals surface area contributed by atoms with Gasteiger partial charge in [0.05, 0.1) is 0 Å². The zero-order chi connectivity index (χ0) is 11.7. The maximum absolute atomic E-state index is 2.44. The summed E-state index contributed by atoms with van der Waals surface area (Å²) < 4.78 is 0. The highest BCUT2D eigenvalue weighted by Crippen LogP contribution is 2.35.